The second-order valence-electron chi connectivity index (χ2n) is 14.3. The third kappa shape index (κ3) is 7.73. The highest BCUT2D eigenvalue weighted by Crippen LogP contribution is 2.47. The van der Waals surface area contributed by atoms with Gasteiger partial charge in [0.25, 0.3) is 0 Å². The number of benzene rings is 4. The highest BCUT2D eigenvalue weighted by molar-refractivity contribution is 6.91. The summed E-state index contributed by atoms with van der Waals surface area (Å²) in [7, 11) is -0.487. The number of methoxy groups -OCH3 is 1. The average molecular weight is 691 g/mol. The third-order valence-electron chi connectivity index (χ3n) is 10.9. The van der Waals surface area contributed by atoms with E-state index in [4.69, 9.17) is 9.47 Å². The number of carbonyl (C=O) groups excluding carboxylic acids is 2. The molecule has 1 fully saturated rings. The molecule has 4 atom stereocenters. The molecule has 1 saturated heterocycles. The van der Waals surface area contributed by atoms with Crippen LogP contribution in [0.15, 0.2) is 103 Å². The van der Waals surface area contributed by atoms with Crippen LogP contribution in [-0.4, -0.2) is 62.4 Å². The Bertz CT molecular complexity index is 1760. The van der Waals surface area contributed by atoms with Crippen LogP contribution < -0.4 is 14.8 Å². The van der Waals surface area contributed by atoms with Crippen LogP contribution >= 0.6 is 0 Å². The molecule has 0 aromatic heterocycles. The van der Waals surface area contributed by atoms with Gasteiger partial charge in [0.2, 0.25) is 11.8 Å². The molecule has 2 aliphatic heterocycles. The van der Waals surface area contributed by atoms with E-state index in [1.165, 1.54) is 10.8 Å². The summed E-state index contributed by atoms with van der Waals surface area (Å²) in [5, 5.41) is 11.2. The first kappa shape index (κ1) is 35.6. The van der Waals surface area contributed by atoms with Crippen molar-refractivity contribution in [1.29, 1.82) is 0 Å². The van der Waals surface area contributed by atoms with Crippen molar-refractivity contribution in [1.82, 2.24) is 4.90 Å². The summed E-state index contributed by atoms with van der Waals surface area (Å²) in [5.74, 6) is 1.19. The maximum Gasteiger partial charge on any atom is 0.231 e. The lowest BCUT2D eigenvalue weighted by Crippen LogP contribution is -2.51. The minimum absolute atomic E-state index is 0.00413. The van der Waals surface area contributed by atoms with Gasteiger partial charge in [-0.15, -0.1) is 0 Å². The monoisotopic (exact) mass is 690 g/mol. The van der Waals surface area contributed by atoms with Crippen molar-refractivity contribution < 1.29 is 24.2 Å². The van der Waals surface area contributed by atoms with E-state index in [0.29, 0.717) is 13.0 Å². The molecule has 0 bridgehead atoms. The zero-order chi connectivity index (χ0) is 35.3. The smallest absolute Gasteiger partial charge is 0.231 e. The maximum atomic E-state index is 14.0. The summed E-state index contributed by atoms with van der Waals surface area (Å²) in [6.07, 6.45) is 2.90. The van der Waals surface area contributed by atoms with Gasteiger partial charge in [-0.05, 0) is 77.7 Å². The van der Waals surface area contributed by atoms with Gasteiger partial charge in [-0.1, -0.05) is 98.0 Å². The molecule has 262 valence electrons. The topological polar surface area (TPSA) is 79.3 Å². The fraction of sp³-hybridized carbons (Fsp3) is 0.381. The molecule has 0 unspecified atom stereocenters. The number of anilines is 2. The van der Waals surface area contributed by atoms with Gasteiger partial charge in [0, 0.05) is 25.2 Å². The minimum atomic E-state index is -2.17. The molecular formula is C42H50N2O5Si. The summed E-state index contributed by atoms with van der Waals surface area (Å²) < 4.78 is 12.4. The Kier molecular flexibility index (Phi) is 11.2. The summed E-state index contributed by atoms with van der Waals surface area (Å²) >= 11 is 0. The Labute approximate surface area is 297 Å². The first-order chi connectivity index (χ1) is 24.2. The van der Waals surface area contributed by atoms with Gasteiger partial charge < -0.3 is 19.5 Å². The number of amides is 2. The molecule has 1 N–H and O–H groups in total. The number of para-hydroxylation sites is 1. The Balaban J connectivity index is 1.23. The Morgan fingerprint density at radius 1 is 0.920 bits per heavy atom. The number of aliphatic hydroxyl groups excluding tert-OH is 1. The first-order valence-electron chi connectivity index (χ1n) is 17.9. The van der Waals surface area contributed by atoms with Crippen molar-refractivity contribution in [2.24, 2.45) is 5.92 Å². The summed E-state index contributed by atoms with van der Waals surface area (Å²) in [4.78, 5) is 30.7. The Morgan fingerprint density at radius 2 is 1.64 bits per heavy atom. The number of fused-ring (bicyclic) bond motifs is 1. The first-order valence-corrected chi connectivity index (χ1v) is 21.0. The molecular weight excluding hydrogens is 641 g/mol. The Hall–Kier alpha value is -4.24. The molecule has 7 nitrogen and oxygen atoms in total. The molecule has 4 aromatic carbocycles. The van der Waals surface area contributed by atoms with Crippen molar-refractivity contribution in [2.45, 2.75) is 76.4 Å². The largest absolute Gasteiger partial charge is 0.497 e. The number of carbonyl (C=O) groups is 2. The number of aryl methyl sites for hydroxylation is 2. The van der Waals surface area contributed by atoms with Gasteiger partial charge in [0.1, 0.15) is 5.75 Å². The molecule has 2 aliphatic rings. The van der Waals surface area contributed by atoms with Gasteiger partial charge in [0.15, 0.2) is 0 Å². The van der Waals surface area contributed by atoms with Crippen LogP contribution in [0.2, 0.25) is 18.6 Å². The standard InChI is InChI=1S/C42H50N2O5Si/c1-30-38(23-17-31-13-10-15-34(27-31)44-37-16-9-8-14-33(37)18-24-40(44)46)49-39(42(30)50(3,4)36-21-19-35(48-2)20-22-36)28-41(47)43(25-26-45)29-32-11-6-5-7-12-32/h5-16,19-22,27,30,38-39,42,45H,17-18,23-26,28-29H2,1-4H3/t30-,38+,39-,42+/m1/s1. The van der Waals surface area contributed by atoms with Crippen molar-refractivity contribution in [3.63, 3.8) is 0 Å². The zero-order valence-electron chi connectivity index (χ0n) is 29.8. The highest BCUT2D eigenvalue weighted by Gasteiger charge is 2.51. The van der Waals surface area contributed by atoms with Crippen LogP contribution in [-0.2, 0) is 33.7 Å². The molecule has 0 aliphatic carbocycles. The van der Waals surface area contributed by atoms with Gasteiger partial charge in [-0.3, -0.25) is 14.5 Å². The van der Waals surface area contributed by atoms with Crippen molar-refractivity contribution in [2.75, 3.05) is 25.2 Å². The molecule has 50 heavy (non-hydrogen) atoms. The predicted molar refractivity (Wildman–Crippen MR) is 202 cm³/mol. The van der Waals surface area contributed by atoms with Gasteiger partial charge in [-0.2, -0.15) is 0 Å². The molecule has 0 saturated carbocycles. The quantitative estimate of drug-likeness (QED) is 0.152. The number of rotatable bonds is 13. The summed E-state index contributed by atoms with van der Waals surface area (Å²) in [6.45, 7) is 7.73. The van der Waals surface area contributed by atoms with E-state index < -0.39 is 8.07 Å². The van der Waals surface area contributed by atoms with Gasteiger partial charge in [0.05, 0.1) is 46.1 Å². The lowest BCUT2D eigenvalue weighted by molar-refractivity contribution is -0.135. The lowest BCUT2D eigenvalue weighted by Gasteiger charge is -2.36. The van der Waals surface area contributed by atoms with Crippen LogP contribution in [0.25, 0.3) is 0 Å². The van der Waals surface area contributed by atoms with Crippen LogP contribution in [0.3, 0.4) is 0 Å². The highest BCUT2D eigenvalue weighted by atomic mass is 28.3. The molecule has 0 spiro atoms. The minimum Gasteiger partial charge on any atom is -0.497 e. The van der Waals surface area contributed by atoms with Crippen LogP contribution in [0.1, 0.15) is 42.9 Å². The van der Waals surface area contributed by atoms with E-state index in [2.05, 4.69) is 50.3 Å². The predicted octanol–water partition coefficient (Wildman–Crippen LogP) is 7.04. The number of hydrogen-bond donors (Lipinski definition) is 1. The Morgan fingerprint density at radius 3 is 2.38 bits per heavy atom. The van der Waals surface area contributed by atoms with E-state index in [9.17, 15) is 14.7 Å². The molecule has 8 heteroatoms. The van der Waals surface area contributed by atoms with E-state index in [1.54, 1.807) is 12.0 Å². The fourth-order valence-electron chi connectivity index (χ4n) is 8.23. The number of aliphatic hydroxyl groups is 1. The molecule has 0 radical (unpaired) electrons. The van der Waals surface area contributed by atoms with Crippen LogP contribution in [0.4, 0.5) is 11.4 Å². The molecule has 2 amide bonds. The molecule has 6 rings (SSSR count). The van der Waals surface area contributed by atoms with Gasteiger partial charge >= 0.3 is 0 Å². The van der Waals surface area contributed by atoms with E-state index in [-0.39, 0.29) is 55.1 Å². The van der Waals surface area contributed by atoms with E-state index >= 15 is 0 Å². The van der Waals surface area contributed by atoms with Crippen LogP contribution in [0.5, 0.6) is 5.75 Å². The molecule has 4 aromatic rings. The van der Waals surface area contributed by atoms with Crippen molar-refractivity contribution >= 4 is 36.4 Å². The maximum absolute atomic E-state index is 14.0. The van der Waals surface area contributed by atoms with Crippen molar-refractivity contribution in [3.8, 4) is 5.75 Å². The third-order valence-corrected chi connectivity index (χ3v) is 15.2. The fourth-order valence-corrected chi connectivity index (χ4v) is 12.3. The second kappa shape index (κ2) is 15.8. The second-order valence-corrected chi connectivity index (χ2v) is 19.0. The van der Waals surface area contributed by atoms with E-state index in [0.717, 1.165) is 47.5 Å². The molecule has 2 heterocycles. The average Bonchev–Trinajstić information content (AvgIpc) is 3.45. The SMILES string of the molecule is COc1ccc([Si](C)(C)[C@H]2[C@H](C)[C@H](CCc3cccc(N4C(=O)CCc5ccccc54)c3)O[C@@H]2CC(=O)N(CCO)Cc2ccccc2)cc1. The number of hydrogen-bond acceptors (Lipinski definition) is 5. The number of nitrogens with zero attached hydrogens (tertiary/aromatic N) is 2. The zero-order valence-corrected chi connectivity index (χ0v) is 30.8. The van der Waals surface area contributed by atoms with E-state index in [1.807, 2.05) is 77.7 Å². The summed E-state index contributed by atoms with van der Waals surface area (Å²) in [5.41, 5.74) is 5.46. The normalized spacial score (nSPS) is 20.4. The van der Waals surface area contributed by atoms with Crippen LogP contribution in [0, 0.1) is 5.92 Å². The number of ether oxygens (including phenoxy) is 2. The van der Waals surface area contributed by atoms with Crippen molar-refractivity contribution in [3.05, 3.63) is 120 Å². The summed E-state index contributed by atoms with van der Waals surface area (Å²) in [6, 6.07) is 34.9. The van der Waals surface area contributed by atoms with Gasteiger partial charge in [-0.25, -0.2) is 0 Å². The lowest BCUT2D eigenvalue weighted by atomic mass is 9.94.